The van der Waals surface area contributed by atoms with Gasteiger partial charge in [-0.3, -0.25) is 0 Å². The second-order valence-electron chi connectivity index (χ2n) is 4.19. The van der Waals surface area contributed by atoms with Crippen LogP contribution in [0.25, 0.3) is 32.8 Å². The lowest BCUT2D eigenvalue weighted by atomic mass is 10.2. The van der Waals surface area contributed by atoms with Crippen LogP contribution in [0, 0.1) is 0 Å². The molecule has 0 radical (unpaired) electrons. The Bertz CT molecular complexity index is 859. The lowest BCUT2D eigenvalue weighted by molar-refractivity contribution is 1.30. The van der Waals surface area contributed by atoms with E-state index < -0.39 is 0 Å². The topological polar surface area (TPSA) is 80.5 Å². The van der Waals surface area contributed by atoms with Gasteiger partial charge in [0, 0.05) is 11.8 Å². The van der Waals surface area contributed by atoms with Crippen molar-refractivity contribution in [2.45, 2.75) is 0 Å². The number of nitrogens with two attached hydrogens (primary N) is 1. The number of rotatable bonds is 1. The van der Waals surface area contributed by atoms with Gasteiger partial charge in [-0.2, -0.15) is 0 Å². The summed E-state index contributed by atoms with van der Waals surface area (Å²) in [5.74, 6) is 0.808. The predicted octanol–water partition coefficient (Wildman–Crippen LogP) is 2.82. The minimum atomic E-state index is 0.582. The van der Waals surface area contributed by atoms with Crippen molar-refractivity contribution >= 4 is 37.8 Å². The predicted molar refractivity (Wildman–Crippen MR) is 76.9 cm³/mol. The Kier molecular flexibility index (Phi) is 2.07. The molecule has 0 aliphatic carbocycles. The first kappa shape index (κ1) is 10.5. The standard InChI is InChI=1S/C13H9N5S/c14-13-17-8-4-3-7(6-10(8)19-13)11-16-9-2-1-5-15-12(9)18-11/h1-6H,(H2,14,17)(H,15,16,18). The van der Waals surface area contributed by atoms with Crippen molar-refractivity contribution < 1.29 is 0 Å². The number of benzene rings is 1. The number of aromatic amines is 1. The number of fused-ring (bicyclic) bond motifs is 2. The van der Waals surface area contributed by atoms with Gasteiger partial charge in [-0.25, -0.2) is 15.0 Å². The summed E-state index contributed by atoms with van der Waals surface area (Å²) in [7, 11) is 0. The highest BCUT2D eigenvalue weighted by molar-refractivity contribution is 7.22. The maximum absolute atomic E-state index is 5.71. The number of nitrogen functional groups attached to an aromatic ring is 1. The number of thiazole rings is 1. The lowest BCUT2D eigenvalue weighted by Crippen LogP contribution is -1.80. The molecule has 4 aromatic rings. The van der Waals surface area contributed by atoms with E-state index in [1.54, 1.807) is 6.20 Å². The van der Waals surface area contributed by atoms with Gasteiger partial charge < -0.3 is 10.7 Å². The molecular weight excluding hydrogens is 258 g/mol. The Balaban J connectivity index is 1.92. The van der Waals surface area contributed by atoms with Crippen molar-refractivity contribution in [3.05, 3.63) is 36.5 Å². The molecule has 0 amide bonds. The molecule has 0 aliphatic rings. The van der Waals surface area contributed by atoms with Gasteiger partial charge in [0.1, 0.15) is 5.82 Å². The van der Waals surface area contributed by atoms with Crippen LogP contribution in [0.4, 0.5) is 5.13 Å². The second kappa shape index (κ2) is 3.76. The van der Waals surface area contributed by atoms with Gasteiger partial charge in [-0.05, 0) is 30.3 Å². The van der Waals surface area contributed by atoms with Crippen LogP contribution in [0.3, 0.4) is 0 Å². The maximum atomic E-state index is 5.71. The zero-order valence-electron chi connectivity index (χ0n) is 9.79. The van der Waals surface area contributed by atoms with Crippen LogP contribution in [0.1, 0.15) is 0 Å². The number of H-pyrrole nitrogens is 1. The zero-order valence-corrected chi connectivity index (χ0v) is 10.6. The fourth-order valence-corrected chi connectivity index (χ4v) is 2.84. The molecule has 0 saturated heterocycles. The Labute approximate surface area is 112 Å². The van der Waals surface area contributed by atoms with Crippen LogP contribution >= 0.6 is 11.3 Å². The van der Waals surface area contributed by atoms with Gasteiger partial charge >= 0.3 is 0 Å². The number of pyridine rings is 1. The van der Waals surface area contributed by atoms with E-state index in [4.69, 9.17) is 5.73 Å². The normalized spacial score (nSPS) is 11.4. The van der Waals surface area contributed by atoms with Crippen molar-refractivity contribution in [3.8, 4) is 11.4 Å². The van der Waals surface area contributed by atoms with E-state index in [9.17, 15) is 0 Å². The van der Waals surface area contributed by atoms with E-state index in [0.29, 0.717) is 5.13 Å². The number of anilines is 1. The first-order chi connectivity index (χ1) is 9.29. The third-order valence-corrected chi connectivity index (χ3v) is 3.78. The van der Waals surface area contributed by atoms with Crippen molar-refractivity contribution in [3.63, 3.8) is 0 Å². The highest BCUT2D eigenvalue weighted by Crippen LogP contribution is 2.28. The highest BCUT2D eigenvalue weighted by Gasteiger charge is 2.08. The number of aromatic nitrogens is 4. The molecule has 0 unspecified atom stereocenters. The van der Waals surface area contributed by atoms with Gasteiger partial charge in [0.15, 0.2) is 10.8 Å². The monoisotopic (exact) mass is 267 g/mol. The minimum absolute atomic E-state index is 0.582. The molecule has 4 rings (SSSR count). The fraction of sp³-hybridized carbons (Fsp3) is 0. The molecule has 3 aromatic heterocycles. The Hall–Kier alpha value is -2.47. The molecule has 0 atom stereocenters. The van der Waals surface area contributed by atoms with Gasteiger partial charge in [-0.15, -0.1) is 0 Å². The number of nitrogens with zero attached hydrogens (tertiary/aromatic N) is 3. The van der Waals surface area contributed by atoms with E-state index in [2.05, 4.69) is 19.9 Å². The third kappa shape index (κ3) is 1.65. The van der Waals surface area contributed by atoms with Crippen molar-refractivity contribution in [1.29, 1.82) is 0 Å². The minimum Gasteiger partial charge on any atom is -0.375 e. The fourth-order valence-electron chi connectivity index (χ4n) is 2.07. The summed E-state index contributed by atoms with van der Waals surface area (Å²) in [5.41, 5.74) is 9.30. The van der Waals surface area contributed by atoms with E-state index in [0.717, 1.165) is 32.8 Å². The first-order valence-corrected chi connectivity index (χ1v) is 6.58. The molecule has 6 heteroatoms. The molecule has 1 aromatic carbocycles. The van der Waals surface area contributed by atoms with Crippen LogP contribution in [0.2, 0.25) is 0 Å². The molecule has 0 fully saturated rings. The summed E-state index contributed by atoms with van der Waals surface area (Å²) in [6, 6.07) is 9.83. The molecule has 0 spiro atoms. The summed E-state index contributed by atoms with van der Waals surface area (Å²) in [5, 5.41) is 0.582. The Morgan fingerprint density at radius 2 is 2.11 bits per heavy atom. The Morgan fingerprint density at radius 1 is 1.16 bits per heavy atom. The van der Waals surface area contributed by atoms with Gasteiger partial charge in [0.05, 0.1) is 15.7 Å². The number of nitrogens with one attached hydrogen (secondary N) is 1. The smallest absolute Gasteiger partial charge is 0.181 e. The van der Waals surface area contributed by atoms with Crippen LogP contribution in [-0.4, -0.2) is 19.9 Å². The third-order valence-electron chi connectivity index (χ3n) is 2.94. The van der Waals surface area contributed by atoms with Crippen LogP contribution < -0.4 is 5.73 Å². The molecule has 19 heavy (non-hydrogen) atoms. The summed E-state index contributed by atoms with van der Waals surface area (Å²) in [6.07, 6.45) is 1.74. The molecule has 0 bridgehead atoms. The van der Waals surface area contributed by atoms with E-state index >= 15 is 0 Å². The van der Waals surface area contributed by atoms with Crippen molar-refractivity contribution in [2.75, 3.05) is 5.73 Å². The average molecular weight is 267 g/mol. The number of hydrogen-bond donors (Lipinski definition) is 2. The summed E-state index contributed by atoms with van der Waals surface area (Å²) < 4.78 is 1.06. The second-order valence-corrected chi connectivity index (χ2v) is 5.26. The average Bonchev–Trinajstić information content (AvgIpc) is 2.99. The molecule has 0 saturated carbocycles. The molecule has 5 nitrogen and oxygen atoms in total. The maximum Gasteiger partial charge on any atom is 0.181 e. The van der Waals surface area contributed by atoms with Crippen LogP contribution in [-0.2, 0) is 0 Å². The van der Waals surface area contributed by atoms with E-state index in [1.165, 1.54) is 11.3 Å². The van der Waals surface area contributed by atoms with Crippen molar-refractivity contribution in [1.82, 2.24) is 19.9 Å². The number of hydrogen-bond acceptors (Lipinski definition) is 5. The summed E-state index contributed by atoms with van der Waals surface area (Å²) >= 11 is 1.48. The molecular formula is C13H9N5S. The molecule has 92 valence electrons. The lowest BCUT2D eigenvalue weighted by Gasteiger charge is -1.95. The van der Waals surface area contributed by atoms with Gasteiger partial charge in [0.25, 0.3) is 0 Å². The summed E-state index contributed by atoms with van der Waals surface area (Å²) in [4.78, 5) is 16.2. The SMILES string of the molecule is Nc1nc2ccc(-c3nc4ncccc4[nH]3)cc2s1. The summed E-state index contributed by atoms with van der Waals surface area (Å²) in [6.45, 7) is 0. The van der Waals surface area contributed by atoms with E-state index in [-0.39, 0.29) is 0 Å². The quantitative estimate of drug-likeness (QED) is 0.555. The highest BCUT2D eigenvalue weighted by atomic mass is 32.1. The largest absolute Gasteiger partial charge is 0.375 e. The van der Waals surface area contributed by atoms with Gasteiger partial charge in [-0.1, -0.05) is 11.3 Å². The molecule has 0 aliphatic heterocycles. The first-order valence-electron chi connectivity index (χ1n) is 5.77. The van der Waals surface area contributed by atoms with E-state index in [1.807, 2.05) is 30.3 Å². The van der Waals surface area contributed by atoms with Crippen LogP contribution in [0.5, 0.6) is 0 Å². The van der Waals surface area contributed by atoms with Gasteiger partial charge in [0.2, 0.25) is 0 Å². The molecule has 3 N–H and O–H groups in total. The molecule has 3 heterocycles. The zero-order chi connectivity index (χ0) is 12.8. The Morgan fingerprint density at radius 3 is 3.00 bits per heavy atom. The van der Waals surface area contributed by atoms with Crippen molar-refractivity contribution in [2.24, 2.45) is 0 Å². The number of imidazole rings is 1. The van der Waals surface area contributed by atoms with Crippen LogP contribution in [0.15, 0.2) is 36.5 Å².